The number of carbonyl (C=O) groups is 1. The third-order valence-corrected chi connectivity index (χ3v) is 3.20. The molecule has 0 spiro atoms. The lowest BCUT2D eigenvalue weighted by molar-refractivity contribution is -0.288. The van der Waals surface area contributed by atoms with Gasteiger partial charge in [-0.15, -0.1) is 11.6 Å². The second-order valence-electron chi connectivity index (χ2n) is 3.94. The number of carbonyl (C=O) groups excluding carboxylic acids is 1. The van der Waals surface area contributed by atoms with Crippen molar-refractivity contribution in [3.05, 3.63) is 0 Å². The van der Waals surface area contributed by atoms with Gasteiger partial charge in [-0.05, 0) is 6.92 Å². The van der Waals surface area contributed by atoms with Crippen molar-refractivity contribution in [1.29, 1.82) is 0 Å². The summed E-state index contributed by atoms with van der Waals surface area (Å²) in [6.07, 6.45) is -4.86. The van der Waals surface area contributed by atoms with Crippen molar-refractivity contribution in [2.75, 3.05) is 25.6 Å². The van der Waals surface area contributed by atoms with Crippen LogP contribution in [-0.2, 0) is 9.53 Å². The summed E-state index contributed by atoms with van der Waals surface area (Å²) in [5.41, 5.74) is -2.11. The number of hydrogen-bond acceptors (Lipinski definition) is 2. The second-order valence-corrected chi connectivity index (χ2v) is 4.21. The Balaban J connectivity index is 2.71. The Kier molecular flexibility index (Phi) is 4.66. The SMILES string of the molecule is CCOC1(C(F)(F)F)CCN(C(=O)CCl)CC1. The molecule has 100 valence electrons. The third-order valence-electron chi connectivity index (χ3n) is 2.98. The molecule has 0 aromatic rings. The first-order valence-electron chi connectivity index (χ1n) is 5.40. The van der Waals surface area contributed by atoms with E-state index in [1.165, 1.54) is 11.8 Å². The van der Waals surface area contributed by atoms with Crippen molar-refractivity contribution in [3.8, 4) is 0 Å². The normalized spacial score (nSPS) is 20.4. The lowest BCUT2D eigenvalue weighted by Gasteiger charge is -2.42. The highest BCUT2D eigenvalue weighted by molar-refractivity contribution is 6.27. The maximum absolute atomic E-state index is 12.9. The summed E-state index contributed by atoms with van der Waals surface area (Å²) >= 11 is 5.36. The zero-order valence-electron chi connectivity index (χ0n) is 9.52. The fourth-order valence-electron chi connectivity index (χ4n) is 1.99. The summed E-state index contributed by atoms with van der Waals surface area (Å²) < 4.78 is 43.7. The van der Waals surface area contributed by atoms with Crippen LogP contribution in [0.25, 0.3) is 0 Å². The van der Waals surface area contributed by atoms with Gasteiger partial charge in [0.15, 0.2) is 5.60 Å². The first kappa shape index (κ1) is 14.6. The van der Waals surface area contributed by atoms with Gasteiger partial charge in [0.25, 0.3) is 0 Å². The molecule has 0 atom stereocenters. The predicted octanol–water partition coefficient (Wildman–Crippen LogP) is 2.19. The van der Waals surface area contributed by atoms with Gasteiger partial charge >= 0.3 is 6.18 Å². The average molecular weight is 274 g/mol. The molecule has 0 aliphatic carbocycles. The Hall–Kier alpha value is -0.490. The molecule has 0 bridgehead atoms. The van der Waals surface area contributed by atoms with Crippen LogP contribution in [0.1, 0.15) is 19.8 Å². The molecule has 17 heavy (non-hydrogen) atoms. The minimum Gasteiger partial charge on any atom is -0.366 e. The van der Waals surface area contributed by atoms with Gasteiger partial charge in [-0.1, -0.05) is 0 Å². The summed E-state index contributed by atoms with van der Waals surface area (Å²) in [5, 5.41) is 0. The molecule has 1 heterocycles. The molecular weight excluding hydrogens is 259 g/mol. The van der Waals surface area contributed by atoms with E-state index in [4.69, 9.17) is 16.3 Å². The maximum Gasteiger partial charge on any atom is 0.417 e. The molecule has 7 heteroatoms. The number of ether oxygens (including phenoxy) is 1. The predicted molar refractivity (Wildman–Crippen MR) is 56.9 cm³/mol. The van der Waals surface area contributed by atoms with E-state index >= 15 is 0 Å². The van der Waals surface area contributed by atoms with Crippen molar-refractivity contribution in [3.63, 3.8) is 0 Å². The molecule has 1 rings (SSSR count). The first-order chi connectivity index (χ1) is 7.86. The van der Waals surface area contributed by atoms with Crippen LogP contribution in [0.3, 0.4) is 0 Å². The number of hydrogen-bond donors (Lipinski definition) is 0. The fraction of sp³-hybridized carbons (Fsp3) is 0.900. The minimum absolute atomic E-state index is 0.00294. The lowest BCUT2D eigenvalue weighted by atomic mass is 9.90. The number of piperidine rings is 1. The quantitative estimate of drug-likeness (QED) is 0.738. The van der Waals surface area contributed by atoms with Crippen LogP contribution in [0.2, 0.25) is 0 Å². The van der Waals surface area contributed by atoms with Crippen molar-refractivity contribution in [2.45, 2.75) is 31.5 Å². The highest BCUT2D eigenvalue weighted by atomic mass is 35.5. The number of alkyl halides is 4. The molecular formula is C10H15ClF3NO2. The summed E-state index contributed by atoms with van der Waals surface area (Å²) in [4.78, 5) is 12.6. The van der Waals surface area contributed by atoms with Gasteiger partial charge < -0.3 is 9.64 Å². The maximum atomic E-state index is 12.9. The second kappa shape index (κ2) is 5.44. The Morgan fingerprint density at radius 1 is 1.41 bits per heavy atom. The molecule has 1 aliphatic heterocycles. The van der Waals surface area contributed by atoms with E-state index in [2.05, 4.69) is 0 Å². The zero-order chi connectivity index (χ0) is 13.1. The van der Waals surface area contributed by atoms with E-state index in [1.54, 1.807) is 0 Å². The monoisotopic (exact) mass is 273 g/mol. The Morgan fingerprint density at radius 2 is 1.94 bits per heavy atom. The third kappa shape index (κ3) is 3.04. The zero-order valence-corrected chi connectivity index (χ0v) is 10.3. The van der Waals surface area contributed by atoms with Crippen molar-refractivity contribution >= 4 is 17.5 Å². The van der Waals surface area contributed by atoms with Gasteiger partial charge in [0.2, 0.25) is 5.91 Å². The molecule has 1 saturated heterocycles. The molecule has 0 unspecified atom stereocenters. The summed E-state index contributed by atoms with van der Waals surface area (Å²) in [5.74, 6) is -0.535. The van der Waals surface area contributed by atoms with Crippen LogP contribution in [-0.4, -0.2) is 48.2 Å². The molecule has 1 fully saturated rings. The van der Waals surface area contributed by atoms with Crippen LogP contribution in [0.5, 0.6) is 0 Å². The summed E-state index contributed by atoms with van der Waals surface area (Å²) in [6.45, 7) is 1.60. The molecule has 0 N–H and O–H groups in total. The van der Waals surface area contributed by atoms with Gasteiger partial charge in [0.05, 0.1) is 0 Å². The van der Waals surface area contributed by atoms with Crippen LogP contribution >= 0.6 is 11.6 Å². The standard InChI is InChI=1S/C10H15ClF3NO2/c1-2-17-9(10(12,13)14)3-5-15(6-4-9)8(16)7-11/h2-7H2,1H3. The van der Waals surface area contributed by atoms with Gasteiger partial charge in [0, 0.05) is 32.5 Å². The Morgan fingerprint density at radius 3 is 2.29 bits per heavy atom. The topological polar surface area (TPSA) is 29.5 Å². The van der Waals surface area contributed by atoms with Gasteiger partial charge in [-0.25, -0.2) is 0 Å². The smallest absolute Gasteiger partial charge is 0.366 e. The molecule has 0 saturated carbocycles. The van der Waals surface area contributed by atoms with Crippen molar-refractivity contribution in [2.24, 2.45) is 0 Å². The molecule has 1 aliphatic rings. The highest BCUT2D eigenvalue weighted by Crippen LogP contribution is 2.41. The van der Waals surface area contributed by atoms with Gasteiger partial charge in [-0.3, -0.25) is 4.79 Å². The van der Waals surface area contributed by atoms with Crippen LogP contribution in [0.4, 0.5) is 13.2 Å². The number of amides is 1. The summed E-state index contributed by atoms with van der Waals surface area (Å²) in [7, 11) is 0. The van der Waals surface area contributed by atoms with E-state index in [9.17, 15) is 18.0 Å². The van der Waals surface area contributed by atoms with Gasteiger partial charge in [0.1, 0.15) is 5.88 Å². The van der Waals surface area contributed by atoms with E-state index in [0.29, 0.717) is 0 Å². The molecule has 0 radical (unpaired) electrons. The van der Waals surface area contributed by atoms with E-state index in [1.807, 2.05) is 0 Å². The average Bonchev–Trinajstić information content (AvgIpc) is 2.28. The minimum atomic E-state index is -4.40. The van der Waals surface area contributed by atoms with E-state index in [0.717, 1.165) is 0 Å². The fourth-order valence-corrected chi connectivity index (χ4v) is 2.16. The first-order valence-corrected chi connectivity index (χ1v) is 5.94. The Bertz CT molecular complexity index is 275. The van der Waals surface area contributed by atoms with Crippen LogP contribution in [0, 0.1) is 0 Å². The number of rotatable bonds is 3. The number of nitrogens with zero attached hydrogens (tertiary/aromatic N) is 1. The molecule has 0 aromatic carbocycles. The van der Waals surface area contributed by atoms with Gasteiger partial charge in [-0.2, -0.15) is 13.2 Å². The van der Waals surface area contributed by atoms with E-state index < -0.39 is 11.8 Å². The molecule has 1 amide bonds. The van der Waals surface area contributed by atoms with Crippen molar-refractivity contribution < 1.29 is 22.7 Å². The largest absolute Gasteiger partial charge is 0.417 e. The number of halogens is 4. The number of likely N-dealkylation sites (tertiary alicyclic amines) is 1. The Labute approximate surface area is 103 Å². The van der Waals surface area contributed by atoms with Crippen LogP contribution < -0.4 is 0 Å². The van der Waals surface area contributed by atoms with E-state index in [-0.39, 0.29) is 44.3 Å². The van der Waals surface area contributed by atoms with Crippen molar-refractivity contribution in [1.82, 2.24) is 4.90 Å². The lowest BCUT2D eigenvalue weighted by Crippen LogP contribution is -2.56. The highest BCUT2D eigenvalue weighted by Gasteiger charge is 2.57. The molecule has 0 aromatic heterocycles. The van der Waals surface area contributed by atoms with Crippen LogP contribution in [0.15, 0.2) is 0 Å². The molecule has 3 nitrogen and oxygen atoms in total. The summed E-state index contributed by atoms with van der Waals surface area (Å²) in [6, 6.07) is 0.